The quantitative estimate of drug-likeness (QED) is 0.510. The Hall–Kier alpha value is -2.35. The molecule has 2 aromatic rings. The van der Waals surface area contributed by atoms with Gasteiger partial charge in [-0.05, 0) is 54.8 Å². The monoisotopic (exact) mass is 434 g/mol. The fraction of sp³-hybridized carbons (Fsp3) is 0.286. The Morgan fingerprint density at radius 2 is 1.79 bits per heavy atom. The van der Waals surface area contributed by atoms with Crippen LogP contribution in [0.3, 0.4) is 0 Å². The van der Waals surface area contributed by atoms with E-state index in [0.717, 1.165) is 18.4 Å². The highest BCUT2D eigenvalue weighted by Crippen LogP contribution is 2.22. The van der Waals surface area contributed by atoms with Gasteiger partial charge in [0.1, 0.15) is 12.4 Å². The molecule has 0 unspecified atom stereocenters. The molecule has 1 heterocycles. The zero-order valence-corrected chi connectivity index (χ0v) is 17.5. The van der Waals surface area contributed by atoms with Crippen LogP contribution in [0.2, 0.25) is 5.02 Å². The summed E-state index contributed by atoms with van der Waals surface area (Å²) in [5.41, 5.74) is 0.768. The highest BCUT2D eigenvalue weighted by Gasteiger charge is 2.26. The maximum atomic E-state index is 12.5. The van der Waals surface area contributed by atoms with Gasteiger partial charge in [0.25, 0.3) is 0 Å². The molecule has 0 radical (unpaired) electrons. The summed E-state index contributed by atoms with van der Waals surface area (Å²) in [4.78, 5) is 12.1. The van der Waals surface area contributed by atoms with Gasteiger partial charge in [-0.15, -0.1) is 0 Å². The molecule has 1 N–H and O–H groups in total. The van der Waals surface area contributed by atoms with Crippen LogP contribution < -0.4 is 10.1 Å². The van der Waals surface area contributed by atoms with E-state index in [-0.39, 0.29) is 17.4 Å². The molecule has 1 fully saturated rings. The van der Waals surface area contributed by atoms with Crippen LogP contribution in [0.1, 0.15) is 18.4 Å². The number of nitrogens with one attached hydrogen (secondary N) is 1. The van der Waals surface area contributed by atoms with Crippen molar-refractivity contribution in [2.24, 2.45) is 0 Å². The number of amides is 1. The van der Waals surface area contributed by atoms with Crippen LogP contribution in [0.5, 0.6) is 5.75 Å². The molecule has 1 amide bonds. The lowest BCUT2D eigenvalue weighted by Gasteiger charge is -2.15. The first-order valence-electron chi connectivity index (χ1n) is 9.40. The van der Waals surface area contributed by atoms with Gasteiger partial charge in [0.2, 0.25) is 15.9 Å². The third-order valence-corrected chi connectivity index (χ3v) is 6.77. The molecule has 1 aliphatic rings. The number of carbonyl (C=O) groups is 1. The van der Waals surface area contributed by atoms with Crippen molar-refractivity contribution in [2.45, 2.75) is 17.7 Å². The molecule has 2 aromatic carbocycles. The number of rotatable bonds is 8. The third-order valence-electron chi connectivity index (χ3n) is 4.52. The minimum Gasteiger partial charge on any atom is -0.492 e. The molecule has 3 rings (SSSR count). The second-order valence-electron chi connectivity index (χ2n) is 6.58. The Morgan fingerprint density at radius 3 is 2.48 bits per heavy atom. The van der Waals surface area contributed by atoms with Gasteiger partial charge in [0.05, 0.1) is 11.4 Å². The highest BCUT2D eigenvalue weighted by molar-refractivity contribution is 7.89. The lowest BCUT2D eigenvalue weighted by atomic mass is 10.2. The minimum atomic E-state index is -3.42. The molecular formula is C21H23ClN2O4S. The second kappa shape index (κ2) is 9.91. The van der Waals surface area contributed by atoms with Crippen LogP contribution in [0.4, 0.5) is 0 Å². The summed E-state index contributed by atoms with van der Waals surface area (Å²) in [6.07, 6.45) is 4.87. The van der Waals surface area contributed by atoms with E-state index in [1.807, 2.05) is 18.2 Å². The molecule has 6 nitrogen and oxygen atoms in total. The summed E-state index contributed by atoms with van der Waals surface area (Å²) in [5.74, 6) is 0.298. The van der Waals surface area contributed by atoms with Crippen molar-refractivity contribution >= 4 is 33.6 Å². The smallest absolute Gasteiger partial charge is 0.244 e. The van der Waals surface area contributed by atoms with Crippen LogP contribution in [0.15, 0.2) is 59.5 Å². The second-order valence-corrected chi connectivity index (χ2v) is 8.92. The molecule has 0 atom stereocenters. The Bertz CT molecular complexity index is 968. The molecular weight excluding hydrogens is 412 g/mol. The number of ether oxygens (including phenoxy) is 1. The van der Waals surface area contributed by atoms with Crippen molar-refractivity contribution in [3.63, 3.8) is 0 Å². The summed E-state index contributed by atoms with van der Waals surface area (Å²) >= 11 is 6.04. The van der Waals surface area contributed by atoms with Gasteiger partial charge < -0.3 is 10.1 Å². The molecule has 154 valence electrons. The summed E-state index contributed by atoms with van der Waals surface area (Å²) < 4.78 is 32.0. The van der Waals surface area contributed by atoms with E-state index >= 15 is 0 Å². The zero-order valence-electron chi connectivity index (χ0n) is 15.9. The molecule has 1 saturated heterocycles. The first kappa shape index (κ1) is 21.4. The summed E-state index contributed by atoms with van der Waals surface area (Å²) in [6.45, 7) is 1.74. The van der Waals surface area contributed by atoms with Gasteiger partial charge in [0, 0.05) is 24.2 Å². The van der Waals surface area contributed by atoms with Gasteiger partial charge in [0.15, 0.2) is 0 Å². The minimum absolute atomic E-state index is 0.249. The standard InChI is InChI=1S/C21H23ClN2O4S/c22-20-6-2-1-5-17(20)7-12-21(25)23-13-16-28-18-8-10-19(11-9-18)29(26,27)24-14-3-4-15-24/h1-2,5-12H,3-4,13-16H2,(H,23,25)/b12-7+. The van der Waals surface area contributed by atoms with E-state index in [1.165, 1.54) is 10.4 Å². The molecule has 0 bridgehead atoms. The normalized spacial score (nSPS) is 14.9. The Morgan fingerprint density at radius 1 is 1.10 bits per heavy atom. The van der Waals surface area contributed by atoms with Crippen LogP contribution in [0, 0.1) is 0 Å². The molecule has 0 aliphatic carbocycles. The van der Waals surface area contributed by atoms with Crippen molar-refractivity contribution in [2.75, 3.05) is 26.2 Å². The van der Waals surface area contributed by atoms with Gasteiger partial charge >= 0.3 is 0 Å². The lowest BCUT2D eigenvalue weighted by Crippen LogP contribution is -2.27. The van der Waals surface area contributed by atoms with E-state index in [9.17, 15) is 13.2 Å². The Labute approximate surface area is 176 Å². The van der Waals surface area contributed by atoms with Crippen LogP contribution in [-0.4, -0.2) is 44.9 Å². The molecule has 0 spiro atoms. The highest BCUT2D eigenvalue weighted by atomic mass is 35.5. The number of hydrogen-bond donors (Lipinski definition) is 1. The first-order chi connectivity index (χ1) is 14.0. The third kappa shape index (κ3) is 5.82. The van der Waals surface area contributed by atoms with E-state index in [0.29, 0.717) is 30.4 Å². The van der Waals surface area contributed by atoms with Crippen molar-refractivity contribution < 1.29 is 17.9 Å². The fourth-order valence-corrected chi connectivity index (χ4v) is 4.68. The molecule has 29 heavy (non-hydrogen) atoms. The number of sulfonamides is 1. The summed E-state index contributed by atoms with van der Waals surface area (Å²) in [7, 11) is -3.42. The molecule has 8 heteroatoms. The molecule has 0 aromatic heterocycles. The first-order valence-corrected chi connectivity index (χ1v) is 11.2. The maximum Gasteiger partial charge on any atom is 0.244 e. The van der Waals surface area contributed by atoms with Crippen LogP contribution in [-0.2, 0) is 14.8 Å². The zero-order chi connectivity index (χ0) is 20.7. The summed E-state index contributed by atoms with van der Waals surface area (Å²) in [6, 6.07) is 13.6. The largest absolute Gasteiger partial charge is 0.492 e. The predicted octanol–water partition coefficient (Wildman–Crippen LogP) is 3.33. The van der Waals surface area contributed by atoms with Crippen molar-refractivity contribution in [3.8, 4) is 5.75 Å². The number of carbonyl (C=O) groups excluding carboxylic acids is 1. The van der Waals surface area contributed by atoms with Crippen molar-refractivity contribution in [1.82, 2.24) is 9.62 Å². The topological polar surface area (TPSA) is 75.7 Å². The van der Waals surface area contributed by atoms with Crippen molar-refractivity contribution in [3.05, 3.63) is 65.2 Å². The van der Waals surface area contributed by atoms with E-state index in [4.69, 9.17) is 16.3 Å². The van der Waals surface area contributed by atoms with E-state index < -0.39 is 10.0 Å². The average molecular weight is 435 g/mol. The van der Waals surface area contributed by atoms with Crippen LogP contribution in [0.25, 0.3) is 6.08 Å². The number of hydrogen-bond acceptors (Lipinski definition) is 4. The molecule has 0 saturated carbocycles. The van der Waals surface area contributed by atoms with E-state index in [2.05, 4.69) is 5.32 Å². The predicted molar refractivity (Wildman–Crippen MR) is 113 cm³/mol. The van der Waals surface area contributed by atoms with Gasteiger partial charge in [-0.1, -0.05) is 29.8 Å². The Balaban J connectivity index is 1.44. The number of nitrogens with zero attached hydrogens (tertiary/aromatic N) is 1. The van der Waals surface area contributed by atoms with Crippen molar-refractivity contribution in [1.29, 1.82) is 0 Å². The van der Waals surface area contributed by atoms with Gasteiger partial charge in [-0.2, -0.15) is 4.31 Å². The van der Waals surface area contributed by atoms with Gasteiger partial charge in [-0.25, -0.2) is 8.42 Å². The fourth-order valence-electron chi connectivity index (χ4n) is 2.96. The van der Waals surface area contributed by atoms with Gasteiger partial charge in [-0.3, -0.25) is 4.79 Å². The van der Waals surface area contributed by atoms with E-state index in [1.54, 1.807) is 36.4 Å². The number of benzene rings is 2. The SMILES string of the molecule is O=C(/C=C/c1ccccc1Cl)NCCOc1ccc(S(=O)(=O)N2CCCC2)cc1. The summed E-state index contributed by atoms with van der Waals surface area (Å²) in [5, 5.41) is 3.30. The average Bonchev–Trinajstić information content (AvgIpc) is 3.27. The van der Waals surface area contributed by atoms with Crippen LogP contribution >= 0.6 is 11.6 Å². The lowest BCUT2D eigenvalue weighted by molar-refractivity contribution is -0.116. The number of halogens is 1. The maximum absolute atomic E-state index is 12.5. The molecule has 1 aliphatic heterocycles. The Kier molecular flexibility index (Phi) is 7.30.